The molecule has 1 aromatic heterocycles. The van der Waals surface area contributed by atoms with Crippen molar-refractivity contribution in [3.8, 4) is 11.5 Å². The molecule has 8 heteroatoms. The van der Waals surface area contributed by atoms with Crippen molar-refractivity contribution in [2.24, 2.45) is 0 Å². The highest BCUT2D eigenvalue weighted by Gasteiger charge is 2.24. The van der Waals surface area contributed by atoms with Crippen molar-refractivity contribution in [3.63, 3.8) is 0 Å². The molecule has 0 fully saturated rings. The number of urea groups is 1. The number of benzene rings is 1. The molecule has 0 atom stereocenters. The van der Waals surface area contributed by atoms with Gasteiger partial charge in [0.15, 0.2) is 11.5 Å². The van der Waals surface area contributed by atoms with Crippen molar-refractivity contribution in [2.75, 3.05) is 33.9 Å². The molecule has 0 aliphatic carbocycles. The van der Waals surface area contributed by atoms with E-state index in [0.717, 1.165) is 23.3 Å². The number of ether oxygens (including phenoxy) is 2. The molecular formula is C26H39N3O4S. The van der Waals surface area contributed by atoms with Gasteiger partial charge >= 0.3 is 6.03 Å². The average Bonchev–Trinajstić information content (AvgIpc) is 3.24. The standard InChI is InChI=1S/C26H39N3O4S/c1-7-8-14-27-26(31)29(19(2)3)18-25(30)28(17-22-11-9-20(4)34-22)15-13-21-10-12-23(32-5)24(16-21)33-6/h9-12,16,19H,7-8,13-15,17-18H2,1-6H3,(H,27,31). The Morgan fingerprint density at radius 3 is 2.41 bits per heavy atom. The molecule has 34 heavy (non-hydrogen) atoms. The first-order valence-electron chi connectivity index (χ1n) is 11.9. The van der Waals surface area contributed by atoms with E-state index < -0.39 is 0 Å². The quantitative estimate of drug-likeness (QED) is 0.408. The summed E-state index contributed by atoms with van der Waals surface area (Å²) in [6, 6.07) is 9.67. The zero-order valence-corrected chi connectivity index (χ0v) is 22.2. The van der Waals surface area contributed by atoms with Crippen molar-refractivity contribution in [1.82, 2.24) is 15.1 Å². The second-order valence-electron chi connectivity index (χ2n) is 8.57. The number of methoxy groups -OCH3 is 2. The van der Waals surface area contributed by atoms with Crippen LogP contribution in [0.25, 0.3) is 0 Å². The minimum atomic E-state index is -0.191. The Balaban J connectivity index is 2.15. The summed E-state index contributed by atoms with van der Waals surface area (Å²) < 4.78 is 10.7. The predicted molar refractivity (Wildman–Crippen MR) is 138 cm³/mol. The molecule has 188 valence electrons. The molecule has 1 aromatic carbocycles. The van der Waals surface area contributed by atoms with E-state index in [1.807, 2.05) is 36.9 Å². The molecule has 2 rings (SSSR count). The van der Waals surface area contributed by atoms with Gasteiger partial charge in [-0.15, -0.1) is 11.3 Å². The molecular weight excluding hydrogens is 450 g/mol. The fourth-order valence-electron chi connectivity index (χ4n) is 3.56. The van der Waals surface area contributed by atoms with Gasteiger partial charge in [0.2, 0.25) is 5.91 Å². The maximum atomic E-state index is 13.4. The largest absolute Gasteiger partial charge is 0.493 e. The first-order valence-corrected chi connectivity index (χ1v) is 12.7. The summed E-state index contributed by atoms with van der Waals surface area (Å²) in [4.78, 5) is 31.9. The smallest absolute Gasteiger partial charge is 0.318 e. The first kappa shape index (κ1) is 27.5. The number of nitrogens with zero attached hydrogens (tertiary/aromatic N) is 2. The van der Waals surface area contributed by atoms with Crippen molar-refractivity contribution in [3.05, 3.63) is 45.6 Å². The van der Waals surface area contributed by atoms with Crippen LogP contribution in [0, 0.1) is 6.92 Å². The summed E-state index contributed by atoms with van der Waals surface area (Å²) >= 11 is 1.69. The van der Waals surface area contributed by atoms with E-state index in [2.05, 4.69) is 31.3 Å². The molecule has 0 spiro atoms. The van der Waals surface area contributed by atoms with E-state index in [-0.39, 0.29) is 24.5 Å². The highest BCUT2D eigenvalue weighted by atomic mass is 32.1. The molecule has 0 aliphatic rings. The number of thiophene rings is 1. The van der Waals surface area contributed by atoms with Gasteiger partial charge in [-0.2, -0.15) is 0 Å². The van der Waals surface area contributed by atoms with E-state index in [1.165, 1.54) is 4.88 Å². The van der Waals surface area contributed by atoms with Crippen molar-refractivity contribution < 1.29 is 19.1 Å². The molecule has 3 amide bonds. The van der Waals surface area contributed by atoms with E-state index in [9.17, 15) is 9.59 Å². The lowest BCUT2D eigenvalue weighted by Gasteiger charge is -2.30. The average molecular weight is 490 g/mol. The summed E-state index contributed by atoms with van der Waals surface area (Å²) in [5.74, 6) is 1.28. The third-order valence-corrected chi connectivity index (χ3v) is 6.60. The van der Waals surface area contributed by atoms with Gasteiger partial charge in [-0.3, -0.25) is 4.79 Å². The van der Waals surface area contributed by atoms with Crippen LogP contribution in [0.3, 0.4) is 0 Å². The highest BCUT2D eigenvalue weighted by Crippen LogP contribution is 2.28. The molecule has 2 aromatic rings. The van der Waals surface area contributed by atoms with Crippen LogP contribution < -0.4 is 14.8 Å². The number of rotatable bonds is 13. The summed E-state index contributed by atoms with van der Waals surface area (Å²) in [6.07, 6.45) is 2.59. The Hall–Kier alpha value is -2.74. The molecule has 0 saturated heterocycles. The summed E-state index contributed by atoms with van der Waals surface area (Å²) in [7, 11) is 3.22. The molecule has 0 bridgehead atoms. The second kappa shape index (κ2) is 13.8. The number of carbonyl (C=O) groups is 2. The van der Waals surface area contributed by atoms with Gasteiger partial charge in [0.25, 0.3) is 0 Å². The van der Waals surface area contributed by atoms with E-state index in [4.69, 9.17) is 9.47 Å². The normalized spacial score (nSPS) is 10.8. The van der Waals surface area contributed by atoms with Gasteiger partial charge in [-0.1, -0.05) is 19.4 Å². The fraction of sp³-hybridized carbons (Fsp3) is 0.538. The Morgan fingerprint density at radius 1 is 1.09 bits per heavy atom. The molecule has 7 nitrogen and oxygen atoms in total. The van der Waals surface area contributed by atoms with Gasteiger partial charge in [0, 0.05) is 28.9 Å². The number of amides is 3. The number of unbranched alkanes of at least 4 members (excludes halogenated alkanes) is 1. The summed E-state index contributed by atoms with van der Waals surface area (Å²) in [5, 5.41) is 2.94. The Morgan fingerprint density at radius 2 is 1.82 bits per heavy atom. The lowest BCUT2D eigenvalue weighted by Crippen LogP contribution is -2.49. The lowest BCUT2D eigenvalue weighted by molar-refractivity contribution is -0.132. The van der Waals surface area contributed by atoms with Crippen molar-refractivity contribution in [2.45, 2.75) is 59.5 Å². The van der Waals surface area contributed by atoms with Crippen molar-refractivity contribution >= 4 is 23.3 Å². The summed E-state index contributed by atoms with van der Waals surface area (Å²) in [5.41, 5.74) is 1.05. The van der Waals surface area contributed by atoms with Gasteiger partial charge in [0.05, 0.1) is 20.8 Å². The number of aryl methyl sites for hydroxylation is 1. The van der Waals surface area contributed by atoms with Crippen LogP contribution in [0.5, 0.6) is 11.5 Å². The van der Waals surface area contributed by atoms with E-state index in [1.54, 1.807) is 30.5 Å². The Kier molecular flexibility index (Phi) is 11.2. The molecule has 1 N–H and O–H groups in total. The SMILES string of the molecule is CCCCNC(=O)N(CC(=O)N(CCc1ccc(OC)c(OC)c1)Cc1ccc(C)s1)C(C)C. The topological polar surface area (TPSA) is 71.1 Å². The van der Waals surface area contributed by atoms with Crippen LogP contribution in [-0.4, -0.2) is 61.6 Å². The predicted octanol–water partition coefficient (Wildman–Crippen LogP) is 4.87. The van der Waals surface area contributed by atoms with Gasteiger partial charge in [-0.05, 0) is 63.4 Å². The molecule has 1 heterocycles. The zero-order chi connectivity index (χ0) is 25.1. The zero-order valence-electron chi connectivity index (χ0n) is 21.3. The molecule has 0 saturated carbocycles. The maximum Gasteiger partial charge on any atom is 0.318 e. The van der Waals surface area contributed by atoms with Crippen LogP contribution in [0.15, 0.2) is 30.3 Å². The minimum Gasteiger partial charge on any atom is -0.493 e. The highest BCUT2D eigenvalue weighted by molar-refractivity contribution is 7.11. The van der Waals surface area contributed by atoms with Crippen LogP contribution in [0.2, 0.25) is 0 Å². The van der Waals surface area contributed by atoms with Crippen LogP contribution >= 0.6 is 11.3 Å². The monoisotopic (exact) mass is 489 g/mol. The lowest BCUT2D eigenvalue weighted by atomic mass is 10.1. The summed E-state index contributed by atoms with van der Waals surface area (Å²) in [6.45, 7) is 9.73. The van der Waals surface area contributed by atoms with Crippen LogP contribution in [0.4, 0.5) is 4.79 Å². The molecule has 0 radical (unpaired) electrons. The third kappa shape index (κ3) is 8.24. The fourth-order valence-corrected chi connectivity index (χ4v) is 4.46. The van der Waals surface area contributed by atoms with Gasteiger partial charge in [-0.25, -0.2) is 4.79 Å². The first-order chi connectivity index (χ1) is 16.3. The minimum absolute atomic E-state index is 0.0475. The van der Waals surface area contributed by atoms with E-state index in [0.29, 0.717) is 37.6 Å². The maximum absolute atomic E-state index is 13.4. The number of nitrogens with one attached hydrogen (secondary N) is 1. The van der Waals surface area contributed by atoms with Crippen LogP contribution in [0.1, 0.15) is 48.9 Å². The number of hydrogen-bond donors (Lipinski definition) is 1. The third-order valence-electron chi connectivity index (χ3n) is 5.61. The van der Waals surface area contributed by atoms with Gasteiger partial charge in [0.1, 0.15) is 6.54 Å². The Bertz CT molecular complexity index is 929. The van der Waals surface area contributed by atoms with E-state index >= 15 is 0 Å². The number of carbonyl (C=O) groups excluding carboxylic acids is 2. The Labute approximate surface area is 208 Å². The number of hydrogen-bond acceptors (Lipinski definition) is 5. The molecule has 0 aliphatic heterocycles. The second-order valence-corrected chi connectivity index (χ2v) is 9.95. The van der Waals surface area contributed by atoms with Crippen molar-refractivity contribution in [1.29, 1.82) is 0 Å². The van der Waals surface area contributed by atoms with Crippen LogP contribution in [-0.2, 0) is 17.8 Å². The molecule has 0 unspecified atom stereocenters. The van der Waals surface area contributed by atoms with Gasteiger partial charge < -0.3 is 24.6 Å².